The molecule has 0 saturated heterocycles. The molecule has 0 bridgehead atoms. The fraction of sp³-hybridized carbons (Fsp3) is 0.455. The van der Waals surface area contributed by atoms with Gasteiger partial charge in [-0.15, -0.1) is 11.3 Å². The maximum atomic E-state index is 11.5. The molecule has 1 heterocycles. The Morgan fingerprint density at radius 3 is 2.65 bits per heavy atom. The normalized spacial score (nSPS) is 12.3. The van der Waals surface area contributed by atoms with Gasteiger partial charge in [-0.05, 0) is 20.8 Å². The van der Waals surface area contributed by atoms with E-state index in [4.69, 9.17) is 9.84 Å². The fourth-order valence-electron chi connectivity index (χ4n) is 1.22. The quantitative estimate of drug-likeness (QED) is 0.707. The molecule has 9 heteroatoms. The lowest BCUT2D eigenvalue weighted by molar-refractivity contribution is -0.140. The van der Waals surface area contributed by atoms with E-state index in [0.717, 1.165) is 11.3 Å². The Labute approximate surface area is 119 Å². The van der Waals surface area contributed by atoms with Crippen LogP contribution in [0.25, 0.3) is 0 Å². The first-order valence-electron chi connectivity index (χ1n) is 5.61. The number of carbonyl (C=O) groups excluding carboxylic acids is 2. The number of anilines is 1. The van der Waals surface area contributed by atoms with Crippen LogP contribution in [0.4, 0.5) is 9.93 Å². The van der Waals surface area contributed by atoms with Crippen molar-refractivity contribution in [3.8, 4) is 0 Å². The van der Waals surface area contributed by atoms with Crippen molar-refractivity contribution in [3.05, 3.63) is 11.1 Å². The highest BCUT2D eigenvalue weighted by molar-refractivity contribution is 7.13. The van der Waals surface area contributed by atoms with Crippen molar-refractivity contribution >= 4 is 34.9 Å². The highest BCUT2D eigenvalue weighted by Gasteiger charge is 2.23. The Bertz CT molecular complexity index is 508. The van der Waals surface area contributed by atoms with Gasteiger partial charge >= 0.3 is 12.1 Å². The zero-order valence-electron chi connectivity index (χ0n) is 11.2. The molecule has 0 aliphatic rings. The summed E-state index contributed by atoms with van der Waals surface area (Å²) in [6.07, 6.45) is -0.410. The van der Waals surface area contributed by atoms with Crippen LogP contribution >= 0.6 is 11.3 Å². The van der Waals surface area contributed by atoms with Crippen LogP contribution in [0.3, 0.4) is 0 Å². The number of hydrogen-bond acceptors (Lipinski definition) is 6. The SMILES string of the molecule is CC(C)(C)OC(=O)Nc1nc([C@H](NC=O)C(=O)O)cs1. The third-order valence-electron chi connectivity index (χ3n) is 1.91. The minimum absolute atomic E-state index is 0.126. The summed E-state index contributed by atoms with van der Waals surface area (Å²) < 4.78 is 5.03. The number of carbonyl (C=O) groups is 3. The monoisotopic (exact) mass is 301 g/mol. The predicted molar refractivity (Wildman–Crippen MR) is 71.5 cm³/mol. The van der Waals surface area contributed by atoms with Crippen LogP contribution in [0.2, 0.25) is 0 Å². The maximum absolute atomic E-state index is 11.5. The van der Waals surface area contributed by atoms with E-state index in [0.29, 0.717) is 0 Å². The molecule has 0 aromatic carbocycles. The Balaban J connectivity index is 2.74. The van der Waals surface area contributed by atoms with Crippen LogP contribution in [-0.4, -0.2) is 34.2 Å². The summed E-state index contributed by atoms with van der Waals surface area (Å²) >= 11 is 1.03. The minimum Gasteiger partial charge on any atom is -0.479 e. The summed E-state index contributed by atoms with van der Waals surface area (Å²) in [6.45, 7) is 5.15. The summed E-state index contributed by atoms with van der Waals surface area (Å²) in [6, 6.07) is -1.25. The van der Waals surface area contributed by atoms with Crippen molar-refractivity contribution < 1.29 is 24.2 Å². The summed E-state index contributed by atoms with van der Waals surface area (Å²) in [5.74, 6) is -1.24. The molecule has 1 rings (SSSR count). The molecule has 0 radical (unpaired) electrons. The molecule has 0 aliphatic heterocycles. The first-order valence-corrected chi connectivity index (χ1v) is 6.49. The van der Waals surface area contributed by atoms with Gasteiger partial charge in [-0.2, -0.15) is 0 Å². The van der Waals surface area contributed by atoms with Gasteiger partial charge in [0.2, 0.25) is 6.41 Å². The number of hydrogen-bond donors (Lipinski definition) is 3. The molecular formula is C11H15N3O5S. The molecule has 8 nitrogen and oxygen atoms in total. The van der Waals surface area contributed by atoms with Gasteiger partial charge < -0.3 is 15.2 Å². The average molecular weight is 301 g/mol. The first kappa shape index (κ1) is 15.9. The minimum atomic E-state index is -1.25. The number of aliphatic carboxylic acids is 1. The molecule has 110 valence electrons. The largest absolute Gasteiger partial charge is 0.479 e. The zero-order chi connectivity index (χ0) is 15.3. The van der Waals surface area contributed by atoms with E-state index in [1.54, 1.807) is 20.8 Å². The molecular weight excluding hydrogens is 286 g/mol. The van der Waals surface area contributed by atoms with Crippen molar-refractivity contribution in [1.29, 1.82) is 0 Å². The molecule has 0 spiro atoms. The molecule has 1 aromatic heterocycles. The Hall–Kier alpha value is -2.16. The van der Waals surface area contributed by atoms with Crippen LogP contribution in [0.15, 0.2) is 5.38 Å². The lowest BCUT2D eigenvalue weighted by atomic mass is 10.2. The van der Waals surface area contributed by atoms with E-state index in [-0.39, 0.29) is 17.2 Å². The van der Waals surface area contributed by atoms with Crippen LogP contribution in [-0.2, 0) is 14.3 Å². The van der Waals surface area contributed by atoms with Crippen molar-refractivity contribution in [3.63, 3.8) is 0 Å². The standard InChI is InChI=1S/C11H15N3O5S/c1-11(2,3)19-10(18)14-9-13-6(4-20-9)7(8(16)17)12-5-15/h4-5,7H,1-3H3,(H,12,15)(H,16,17)(H,13,14,18)/t7-/m0/s1. The summed E-state index contributed by atoms with van der Waals surface area (Å²) in [7, 11) is 0. The molecule has 0 saturated carbocycles. The van der Waals surface area contributed by atoms with Crippen LogP contribution < -0.4 is 10.6 Å². The fourth-order valence-corrected chi connectivity index (χ4v) is 1.94. The molecule has 1 atom stereocenters. The van der Waals surface area contributed by atoms with Gasteiger partial charge in [0.15, 0.2) is 11.2 Å². The highest BCUT2D eigenvalue weighted by atomic mass is 32.1. The summed E-state index contributed by atoms with van der Waals surface area (Å²) in [4.78, 5) is 36.7. The number of ether oxygens (including phenoxy) is 1. The van der Waals surface area contributed by atoms with Crippen molar-refractivity contribution in [2.75, 3.05) is 5.32 Å². The predicted octanol–water partition coefficient (Wildman–Crippen LogP) is 1.36. The van der Waals surface area contributed by atoms with Crippen LogP contribution in [0, 0.1) is 0 Å². The Morgan fingerprint density at radius 1 is 1.50 bits per heavy atom. The van der Waals surface area contributed by atoms with Crippen molar-refractivity contribution in [1.82, 2.24) is 10.3 Å². The number of aromatic nitrogens is 1. The maximum Gasteiger partial charge on any atom is 0.413 e. The number of rotatable bonds is 5. The van der Waals surface area contributed by atoms with Gasteiger partial charge in [0.1, 0.15) is 5.60 Å². The molecule has 0 aliphatic carbocycles. The van der Waals surface area contributed by atoms with Crippen molar-refractivity contribution in [2.45, 2.75) is 32.4 Å². The van der Waals surface area contributed by atoms with E-state index in [1.165, 1.54) is 5.38 Å². The smallest absolute Gasteiger partial charge is 0.413 e. The summed E-state index contributed by atoms with van der Waals surface area (Å²) in [5, 5.41) is 15.1. The number of nitrogens with zero attached hydrogens (tertiary/aromatic N) is 1. The third-order valence-corrected chi connectivity index (χ3v) is 2.68. The van der Waals surface area contributed by atoms with E-state index in [1.807, 2.05) is 0 Å². The Morgan fingerprint density at radius 2 is 2.15 bits per heavy atom. The topological polar surface area (TPSA) is 118 Å². The van der Waals surface area contributed by atoms with Gasteiger partial charge in [0.25, 0.3) is 0 Å². The van der Waals surface area contributed by atoms with E-state index in [9.17, 15) is 14.4 Å². The second kappa shape index (κ2) is 6.33. The first-order chi connectivity index (χ1) is 9.23. The number of carboxylic acid groups (broad SMARTS) is 1. The zero-order valence-corrected chi connectivity index (χ0v) is 12.0. The molecule has 0 unspecified atom stereocenters. The molecule has 20 heavy (non-hydrogen) atoms. The number of nitrogens with one attached hydrogen (secondary N) is 2. The molecule has 3 N–H and O–H groups in total. The third kappa shape index (κ3) is 4.84. The van der Waals surface area contributed by atoms with Crippen LogP contribution in [0.5, 0.6) is 0 Å². The lowest BCUT2D eigenvalue weighted by Crippen LogP contribution is -2.28. The second-order valence-corrected chi connectivity index (χ2v) is 5.62. The molecule has 2 amide bonds. The number of amides is 2. The van der Waals surface area contributed by atoms with Crippen LogP contribution in [0.1, 0.15) is 32.5 Å². The highest BCUT2D eigenvalue weighted by Crippen LogP contribution is 2.21. The van der Waals surface area contributed by atoms with Gasteiger partial charge in [-0.25, -0.2) is 14.6 Å². The van der Waals surface area contributed by atoms with Gasteiger partial charge in [0, 0.05) is 5.38 Å². The Kier molecular flexibility index (Phi) is 5.03. The second-order valence-electron chi connectivity index (χ2n) is 4.76. The van der Waals surface area contributed by atoms with Gasteiger partial charge in [0.05, 0.1) is 5.69 Å². The molecule has 0 fully saturated rings. The van der Waals surface area contributed by atoms with E-state index >= 15 is 0 Å². The van der Waals surface area contributed by atoms with E-state index < -0.39 is 23.7 Å². The average Bonchev–Trinajstić information content (AvgIpc) is 2.70. The summed E-state index contributed by atoms with van der Waals surface area (Å²) in [5.41, 5.74) is -0.520. The number of carboxylic acids is 1. The van der Waals surface area contributed by atoms with Gasteiger partial charge in [-0.1, -0.05) is 0 Å². The van der Waals surface area contributed by atoms with E-state index in [2.05, 4.69) is 15.6 Å². The molecule has 1 aromatic rings. The van der Waals surface area contributed by atoms with Gasteiger partial charge in [-0.3, -0.25) is 10.1 Å². The number of thiazole rings is 1. The lowest BCUT2D eigenvalue weighted by Gasteiger charge is -2.18. The van der Waals surface area contributed by atoms with Crippen molar-refractivity contribution in [2.24, 2.45) is 0 Å².